The van der Waals surface area contributed by atoms with E-state index in [-0.39, 0.29) is 0 Å². The highest BCUT2D eigenvalue weighted by Crippen LogP contribution is 2.38. The van der Waals surface area contributed by atoms with E-state index in [4.69, 9.17) is 16.5 Å². The summed E-state index contributed by atoms with van der Waals surface area (Å²) < 4.78 is 2.27. The van der Waals surface area contributed by atoms with E-state index in [1.807, 2.05) is 58.0 Å². The summed E-state index contributed by atoms with van der Waals surface area (Å²) in [6.07, 6.45) is 0. The van der Waals surface area contributed by atoms with Crippen LogP contribution >= 0.6 is 0 Å². The first-order valence-corrected chi connectivity index (χ1v) is 13.9. The van der Waals surface area contributed by atoms with Crippen molar-refractivity contribution in [3.8, 4) is 39.6 Å². The van der Waals surface area contributed by atoms with Crippen molar-refractivity contribution < 1.29 is 0 Å². The standard InChI is InChI=1S/C35H26N8/c1-20-37-21(2)40-34(39-20)26-14-16-33(30(19-26)35-41-22(3)38-23(4)42-35)43-31-12-7-6-11-28(31)29-18-25(13-15-32(29)43)24-9-8-10-27(17-24)36-5/h6-19H,1-4H3. The van der Waals surface area contributed by atoms with Gasteiger partial charge in [-0.15, -0.1) is 0 Å². The summed E-state index contributed by atoms with van der Waals surface area (Å²) >= 11 is 0. The lowest BCUT2D eigenvalue weighted by Crippen LogP contribution is -2.04. The Hall–Kier alpha value is -5.81. The topological polar surface area (TPSA) is 86.6 Å². The van der Waals surface area contributed by atoms with Gasteiger partial charge in [0.15, 0.2) is 17.3 Å². The maximum Gasteiger partial charge on any atom is 0.187 e. The minimum absolute atomic E-state index is 0.586. The summed E-state index contributed by atoms with van der Waals surface area (Å²) in [4.78, 5) is 31.2. The highest BCUT2D eigenvalue weighted by atomic mass is 15.0. The van der Waals surface area contributed by atoms with Gasteiger partial charge >= 0.3 is 0 Å². The lowest BCUT2D eigenvalue weighted by molar-refractivity contribution is 0.924. The highest BCUT2D eigenvalue weighted by Gasteiger charge is 2.20. The molecule has 0 atom stereocenters. The predicted octanol–water partition coefficient (Wildman–Crippen LogP) is 7.94. The molecule has 3 aromatic heterocycles. The van der Waals surface area contributed by atoms with Gasteiger partial charge in [-0.2, -0.15) is 0 Å². The molecule has 0 amide bonds. The first-order valence-electron chi connectivity index (χ1n) is 13.9. The monoisotopic (exact) mass is 558 g/mol. The third-order valence-corrected chi connectivity index (χ3v) is 7.44. The van der Waals surface area contributed by atoms with Gasteiger partial charge in [-0.05, 0) is 81.3 Å². The first-order chi connectivity index (χ1) is 20.9. The molecule has 0 spiro atoms. The van der Waals surface area contributed by atoms with E-state index in [0.29, 0.717) is 40.6 Å². The average Bonchev–Trinajstić information content (AvgIpc) is 3.33. The van der Waals surface area contributed by atoms with Crippen molar-refractivity contribution in [1.29, 1.82) is 0 Å². The summed E-state index contributed by atoms with van der Waals surface area (Å²) in [7, 11) is 0. The molecule has 206 valence electrons. The number of benzene rings is 4. The quantitative estimate of drug-likeness (QED) is 0.204. The summed E-state index contributed by atoms with van der Waals surface area (Å²) in [5.41, 5.74) is 7.44. The number of rotatable bonds is 4. The lowest BCUT2D eigenvalue weighted by Gasteiger charge is -2.15. The molecule has 43 heavy (non-hydrogen) atoms. The van der Waals surface area contributed by atoms with Crippen LogP contribution in [0.4, 0.5) is 5.69 Å². The zero-order valence-electron chi connectivity index (χ0n) is 24.2. The zero-order valence-corrected chi connectivity index (χ0v) is 24.2. The molecule has 7 aromatic rings. The molecular formula is C35H26N8. The largest absolute Gasteiger partial charge is 0.309 e. The number of fused-ring (bicyclic) bond motifs is 3. The number of para-hydroxylation sites is 1. The van der Waals surface area contributed by atoms with Crippen LogP contribution in [-0.4, -0.2) is 34.5 Å². The molecule has 0 aliphatic heterocycles. The Balaban J connectivity index is 1.51. The Labute approximate surface area is 248 Å². The Kier molecular flexibility index (Phi) is 6.21. The van der Waals surface area contributed by atoms with Crippen LogP contribution in [0.15, 0.2) is 84.9 Å². The van der Waals surface area contributed by atoms with E-state index in [9.17, 15) is 0 Å². The lowest BCUT2D eigenvalue weighted by atomic mass is 10.0. The highest BCUT2D eigenvalue weighted by molar-refractivity contribution is 6.11. The molecule has 8 heteroatoms. The molecule has 8 nitrogen and oxygen atoms in total. The van der Waals surface area contributed by atoms with Gasteiger partial charge in [0, 0.05) is 21.9 Å². The minimum Gasteiger partial charge on any atom is -0.309 e. The Bertz CT molecular complexity index is 2220. The predicted molar refractivity (Wildman–Crippen MR) is 169 cm³/mol. The molecule has 0 radical (unpaired) electrons. The molecule has 3 heterocycles. The number of hydrogen-bond acceptors (Lipinski definition) is 6. The van der Waals surface area contributed by atoms with Gasteiger partial charge in [0.25, 0.3) is 0 Å². The van der Waals surface area contributed by atoms with Crippen LogP contribution in [0.1, 0.15) is 23.3 Å². The SMILES string of the molecule is [C-]#[N+]c1cccc(-c2ccc3c(c2)c2ccccc2n3-c2ccc(-c3nc(C)nc(C)n3)cc2-c2nc(C)nc(C)n2)c1. The summed E-state index contributed by atoms with van der Waals surface area (Å²) in [6.45, 7) is 14.9. The minimum atomic E-state index is 0.586. The molecule has 0 fully saturated rings. The van der Waals surface area contributed by atoms with Gasteiger partial charge < -0.3 is 4.57 Å². The van der Waals surface area contributed by atoms with Gasteiger partial charge in [0.1, 0.15) is 23.3 Å². The smallest absolute Gasteiger partial charge is 0.187 e. The van der Waals surface area contributed by atoms with Crippen molar-refractivity contribution in [3.05, 3.63) is 120 Å². The Morgan fingerprint density at radius 1 is 0.535 bits per heavy atom. The molecule has 0 aliphatic carbocycles. The molecule has 0 aliphatic rings. The normalized spacial score (nSPS) is 11.2. The van der Waals surface area contributed by atoms with E-state index >= 15 is 0 Å². The summed E-state index contributed by atoms with van der Waals surface area (Å²) in [5.74, 6) is 3.83. The fourth-order valence-electron chi connectivity index (χ4n) is 5.70. The molecule has 0 unspecified atom stereocenters. The maximum absolute atomic E-state index is 7.45. The van der Waals surface area contributed by atoms with Gasteiger partial charge in [0.05, 0.1) is 23.3 Å². The number of nitrogens with zero attached hydrogens (tertiary/aromatic N) is 8. The van der Waals surface area contributed by atoms with Crippen LogP contribution in [0.3, 0.4) is 0 Å². The Morgan fingerprint density at radius 3 is 1.88 bits per heavy atom. The maximum atomic E-state index is 7.45. The molecule has 0 N–H and O–H groups in total. The van der Waals surface area contributed by atoms with E-state index < -0.39 is 0 Å². The van der Waals surface area contributed by atoms with E-state index in [2.05, 4.69) is 83.9 Å². The number of aromatic nitrogens is 7. The van der Waals surface area contributed by atoms with Crippen LogP contribution in [0, 0.1) is 34.3 Å². The molecule has 4 aromatic carbocycles. The van der Waals surface area contributed by atoms with Crippen LogP contribution in [-0.2, 0) is 0 Å². The Morgan fingerprint density at radius 2 is 1.16 bits per heavy atom. The second kappa shape index (κ2) is 10.2. The van der Waals surface area contributed by atoms with Crippen molar-refractivity contribution in [2.45, 2.75) is 27.7 Å². The van der Waals surface area contributed by atoms with E-state index in [1.165, 1.54) is 0 Å². The second-order valence-corrected chi connectivity index (χ2v) is 10.5. The van der Waals surface area contributed by atoms with Crippen molar-refractivity contribution in [3.63, 3.8) is 0 Å². The van der Waals surface area contributed by atoms with Gasteiger partial charge in [-0.1, -0.05) is 42.5 Å². The fourth-order valence-corrected chi connectivity index (χ4v) is 5.70. The molecule has 0 saturated heterocycles. The fraction of sp³-hybridized carbons (Fsp3) is 0.114. The summed E-state index contributed by atoms with van der Waals surface area (Å²) in [6, 6.07) is 28.8. The zero-order chi connectivity index (χ0) is 29.7. The molecule has 7 rings (SSSR count). The number of aryl methyl sites for hydroxylation is 4. The molecule has 0 saturated carbocycles. The van der Waals surface area contributed by atoms with Crippen LogP contribution in [0.5, 0.6) is 0 Å². The third kappa shape index (κ3) is 4.67. The summed E-state index contributed by atoms with van der Waals surface area (Å²) in [5, 5.41) is 2.24. The van der Waals surface area contributed by atoms with Crippen molar-refractivity contribution in [2.75, 3.05) is 0 Å². The van der Waals surface area contributed by atoms with Crippen molar-refractivity contribution >= 4 is 27.5 Å². The second-order valence-electron chi connectivity index (χ2n) is 10.5. The van der Waals surface area contributed by atoms with E-state index in [0.717, 1.165) is 49.7 Å². The van der Waals surface area contributed by atoms with Crippen LogP contribution in [0.25, 0.3) is 66.2 Å². The average molecular weight is 559 g/mol. The van der Waals surface area contributed by atoms with Gasteiger partial charge in [0.2, 0.25) is 0 Å². The van der Waals surface area contributed by atoms with Crippen LogP contribution < -0.4 is 0 Å². The first kappa shape index (κ1) is 26.1. The van der Waals surface area contributed by atoms with E-state index in [1.54, 1.807) is 0 Å². The van der Waals surface area contributed by atoms with Crippen molar-refractivity contribution in [1.82, 2.24) is 34.5 Å². The van der Waals surface area contributed by atoms with Gasteiger partial charge in [-0.3, -0.25) is 0 Å². The molecule has 0 bridgehead atoms. The van der Waals surface area contributed by atoms with Crippen LogP contribution in [0.2, 0.25) is 0 Å². The van der Waals surface area contributed by atoms with Crippen molar-refractivity contribution in [2.24, 2.45) is 0 Å². The third-order valence-electron chi connectivity index (χ3n) is 7.44. The molecular weight excluding hydrogens is 532 g/mol. The number of hydrogen-bond donors (Lipinski definition) is 0. The van der Waals surface area contributed by atoms with Gasteiger partial charge in [-0.25, -0.2) is 34.7 Å².